The fourth-order valence-corrected chi connectivity index (χ4v) is 2.18. The van der Waals surface area contributed by atoms with E-state index < -0.39 is 10.5 Å². The Hall–Kier alpha value is -2.44. The molecule has 0 fully saturated rings. The minimum absolute atomic E-state index is 0.0562. The van der Waals surface area contributed by atoms with Gasteiger partial charge in [-0.15, -0.1) is 0 Å². The van der Waals surface area contributed by atoms with Crippen molar-refractivity contribution in [3.05, 3.63) is 44.5 Å². The lowest BCUT2D eigenvalue weighted by atomic mass is 10.2. The second kappa shape index (κ2) is 3.80. The average Bonchev–Trinajstić information content (AvgIpc) is 2.38. The zero-order valence-corrected chi connectivity index (χ0v) is 9.42. The van der Waals surface area contributed by atoms with Crippen molar-refractivity contribution in [1.82, 2.24) is 9.66 Å². The molecule has 1 aliphatic rings. The van der Waals surface area contributed by atoms with Gasteiger partial charge >= 0.3 is 0 Å². The first-order valence-corrected chi connectivity index (χ1v) is 5.61. The summed E-state index contributed by atoms with van der Waals surface area (Å²) < 4.78 is 1.32. The van der Waals surface area contributed by atoms with E-state index in [4.69, 9.17) is 0 Å². The maximum absolute atomic E-state index is 12.3. The van der Waals surface area contributed by atoms with Crippen molar-refractivity contribution in [2.24, 2.45) is 0 Å². The Morgan fingerprint density at radius 1 is 1.44 bits per heavy atom. The van der Waals surface area contributed by atoms with Gasteiger partial charge in [-0.2, -0.15) is 0 Å². The molecular weight excluding hydrogens is 236 g/mol. The summed E-state index contributed by atoms with van der Waals surface area (Å²) in [7, 11) is 0. The lowest BCUT2D eigenvalue weighted by Gasteiger charge is -2.19. The molecule has 1 aromatic heterocycles. The summed E-state index contributed by atoms with van der Waals surface area (Å²) in [5, 5.41) is 11.0. The van der Waals surface area contributed by atoms with Gasteiger partial charge in [-0.05, 0) is 12.5 Å². The zero-order chi connectivity index (χ0) is 12.7. The van der Waals surface area contributed by atoms with Crippen LogP contribution in [0.4, 0.5) is 5.69 Å². The van der Waals surface area contributed by atoms with Gasteiger partial charge in [0, 0.05) is 19.0 Å². The standard InChI is InChI=1S/C11H10N4O3/c16-11-10-7(3-1-4-8(10)15(17)18)13-9-5-2-6-12-14(9)11/h1,3-4,12H,2,5-6H2. The number of non-ortho nitro benzene ring substituents is 1. The van der Waals surface area contributed by atoms with Crippen LogP contribution in [-0.2, 0) is 6.42 Å². The van der Waals surface area contributed by atoms with E-state index in [0.717, 1.165) is 6.42 Å². The fraction of sp³-hybridized carbons (Fsp3) is 0.273. The molecule has 1 aromatic carbocycles. The van der Waals surface area contributed by atoms with Crippen LogP contribution in [0.25, 0.3) is 10.9 Å². The Morgan fingerprint density at radius 3 is 3.06 bits per heavy atom. The molecule has 0 saturated carbocycles. The molecule has 0 saturated heterocycles. The molecule has 0 spiro atoms. The molecule has 3 rings (SSSR count). The highest BCUT2D eigenvalue weighted by atomic mass is 16.6. The highest BCUT2D eigenvalue weighted by molar-refractivity contribution is 5.87. The van der Waals surface area contributed by atoms with E-state index in [1.807, 2.05) is 0 Å². The average molecular weight is 246 g/mol. The van der Waals surface area contributed by atoms with Crippen molar-refractivity contribution in [2.45, 2.75) is 12.8 Å². The summed E-state index contributed by atoms with van der Waals surface area (Å²) >= 11 is 0. The number of nitro groups is 1. The first-order valence-electron chi connectivity index (χ1n) is 5.61. The number of rotatable bonds is 1. The number of benzene rings is 1. The third-order valence-corrected chi connectivity index (χ3v) is 2.99. The third kappa shape index (κ3) is 1.44. The Morgan fingerprint density at radius 2 is 2.28 bits per heavy atom. The highest BCUT2D eigenvalue weighted by Gasteiger charge is 2.20. The van der Waals surface area contributed by atoms with Crippen LogP contribution in [0.5, 0.6) is 0 Å². The summed E-state index contributed by atoms with van der Waals surface area (Å²) in [4.78, 5) is 27.0. The molecule has 7 nitrogen and oxygen atoms in total. The van der Waals surface area contributed by atoms with E-state index >= 15 is 0 Å². The quantitative estimate of drug-likeness (QED) is 0.593. The Balaban J connectivity index is 2.43. The fourth-order valence-electron chi connectivity index (χ4n) is 2.18. The van der Waals surface area contributed by atoms with Crippen LogP contribution in [-0.4, -0.2) is 21.1 Å². The number of nitro benzene ring substituents is 1. The topological polar surface area (TPSA) is 90.1 Å². The minimum Gasteiger partial charge on any atom is -0.321 e. The van der Waals surface area contributed by atoms with Crippen LogP contribution in [0.3, 0.4) is 0 Å². The summed E-state index contributed by atoms with van der Waals surface area (Å²) in [5.74, 6) is 0.624. The normalized spacial score (nSPS) is 14.0. The molecule has 1 N–H and O–H groups in total. The minimum atomic E-state index is -0.554. The maximum Gasteiger partial charge on any atom is 0.286 e. The molecule has 2 heterocycles. The first-order chi connectivity index (χ1) is 8.68. The van der Waals surface area contributed by atoms with Crippen LogP contribution in [0.15, 0.2) is 23.0 Å². The summed E-state index contributed by atoms with van der Waals surface area (Å²) in [6.07, 6.45) is 1.59. The van der Waals surface area contributed by atoms with Gasteiger partial charge in [0.15, 0.2) is 0 Å². The molecule has 2 aromatic rings. The van der Waals surface area contributed by atoms with Crippen LogP contribution in [0.1, 0.15) is 12.2 Å². The summed E-state index contributed by atoms with van der Waals surface area (Å²) in [5.41, 5.74) is 2.68. The second-order valence-electron chi connectivity index (χ2n) is 4.11. The van der Waals surface area contributed by atoms with E-state index in [-0.39, 0.29) is 11.1 Å². The van der Waals surface area contributed by atoms with E-state index in [0.29, 0.717) is 24.3 Å². The molecule has 0 aliphatic carbocycles. The molecule has 18 heavy (non-hydrogen) atoms. The van der Waals surface area contributed by atoms with Gasteiger partial charge in [0.2, 0.25) is 0 Å². The highest BCUT2D eigenvalue weighted by Crippen LogP contribution is 2.21. The monoisotopic (exact) mass is 246 g/mol. The van der Waals surface area contributed by atoms with Crippen LogP contribution < -0.4 is 11.0 Å². The van der Waals surface area contributed by atoms with Crippen LogP contribution in [0.2, 0.25) is 0 Å². The molecule has 0 amide bonds. The molecule has 1 aliphatic heterocycles. The van der Waals surface area contributed by atoms with Gasteiger partial charge < -0.3 is 5.43 Å². The van der Waals surface area contributed by atoms with Gasteiger partial charge in [-0.1, -0.05) is 6.07 Å². The van der Waals surface area contributed by atoms with Crippen LogP contribution >= 0.6 is 0 Å². The van der Waals surface area contributed by atoms with E-state index in [1.165, 1.54) is 10.7 Å². The van der Waals surface area contributed by atoms with E-state index in [1.54, 1.807) is 12.1 Å². The van der Waals surface area contributed by atoms with E-state index in [2.05, 4.69) is 10.4 Å². The lowest BCUT2D eigenvalue weighted by molar-refractivity contribution is -0.383. The van der Waals surface area contributed by atoms with Crippen molar-refractivity contribution in [3.8, 4) is 0 Å². The predicted molar refractivity (Wildman–Crippen MR) is 65.2 cm³/mol. The first kappa shape index (κ1) is 10.7. The number of aromatic nitrogens is 2. The van der Waals surface area contributed by atoms with E-state index in [9.17, 15) is 14.9 Å². The van der Waals surface area contributed by atoms with Crippen molar-refractivity contribution >= 4 is 16.6 Å². The Labute approximate surface area is 101 Å². The van der Waals surface area contributed by atoms with Gasteiger partial charge in [0.1, 0.15) is 11.2 Å². The van der Waals surface area contributed by atoms with Crippen molar-refractivity contribution in [2.75, 3.05) is 12.0 Å². The zero-order valence-electron chi connectivity index (χ0n) is 9.42. The molecular formula is C11H10N4O3. The summed E-state index contributed by atoms with van der Waals surface area (Å²) in [6, 6.07) is 4.49. The number of hydrogen-bond acceptors (Lipinski definition) is 5. The number of aryl methyl sites for hydroxylation is 1. The predicted octanol–water partition coefficient (Wildman–Crippen LogP) is 0.794. The second-order valence-corrected chi connectivity index (χ2v) is 4.11. The number of hydrogen-bond donors (Lipinski definition) is 1. The lowest BCUT2D eigenvalue weighted by Crippen LogP contribution is -2.37. The summed E-state index contributed by atoms with van der Waals surface area (Å²) in [6.45, 7) is 0.667. The molecule has 0 unspecified atom stereocenters. The van der Waals surface area contributed by atoms with Crippen LogP contribution in [0, 0.1) is 10.1 Å². The van der Waals surface area contributed by atoms with Gasteiger partial charge in [-0.3, -0.25) is 14.9 Å². The SMILES string of the molecule is O=c1c2c([N+](=O)[O-])cccc2nc2n1NCCC2. The molecule has 92 valence electrons. The molecule has 0 radical (unpaired) electrons. The Kier molecular flexibility index (Phi) is 2.26. The third-order valence-electron chi connectivity index (χ3n) is 2.99. The number of fused-ring (bicyclic) bond motifs is 2. The molecule has 0 bridgehead atoms. The van der Waals surface area contributed by atoms with Crippen molar-refractivity contribution in [3.63, 3.8) is 0 Å². The smallest absolute Gasteiger partial charge is 0.286 e. The van der Waals surface area contributed by atoms with Crippen molar-refractivity contribution in [1.29, 1.82) is 0 Å². The van der Waals surface area contributed by atoms with Gasteiger partial charge in [0.05, 0.1) is 10.4 Å². The van der Waals surface area contributed by atoms with Gasteiger partial charge in [-0.25, -0.2) is 9.66 Å². The maximum atomic E-state index is 12.3. The number of nitrogens with zero attached hydrogens (tertiary/aromatic N) is 3. The number of nitrogens with one attached hydrogen (secondary N) is 1. The Bertz CT molecular complexity index is 707. The largest absolute Gasteiger partial charge is 0.321 e. The molecule has 7 heteroatoms. The van der Waals surface area contributed by atoms with Crippen molar-refractivity contribution < 1.29 is 4.92 Å². The molecule has 0 atom stereocenters. The van der Waals surface area contributed by atoms with Gasteiger partial charge in [0.25, 0.3) is 11.2 Å².